The molecule has 2 rings (SSSR count). The van der Waals surface area contributed by atoms with Crippen molar-refractivity contribution >= 4 is 11.8 Å². The van der Waals surface area contributed by atoms with Gasteiger partial charge in [0.25, 0.3) is 11.8 Å². The highest BCUT2D eigenvalue weighted by Crippen LogP contribution is 2.17. The molecule has 24 heavy (non-hydrogen) atoms. The summed E-state index contributed by atoms with van der Waals surface area (Å²) in [6.07, 6.45) is 0. The molecule has 2 aromatic carbocycles. The lowest BCUT2D eigenvalue weighted by Crippen LogP contribution is -2.39. The number of ether oxygens (including phenoxy) is 1. The minimum atomic E-state index is -0.581. The zero-order chi connectivity index (χ0) is 17.5. The van der Waals surface area contributed by atoms with Gasteiger partial charge in [0, 0.05) is 12.6 Å². The number of amides is 2. The largest absolute Gasteiger partial charge is 0.483 e. The van der Waals surface area contributed by atoms with Crippen LogP contribution in [0.1, 0.15) is 29.8 Å². The van der Waals surface area contributed by atoms with Crippen LogP contribution in [0.15, 0.2) is 54.6 Å². The fourth-order valence-electron chi connectivity index (χ4n) is 2.36. The molecule has 0 heterocycles. The normalized spacial score (nSPS) is 10.5. The van der Waals surface area contributed by atoms with Crippen LogP contribution in [0.5, 0.6) is 5.75 Å². The van der Waals surface area contributed by atoms with Crippen LogP contribution in [0.3, 0.4) is 0 Å². The van der Waals surface area contributed by atoms with E-state index in [2.05, 4.69) is 0 Å². The van der Waals surface area contributed by atoms with E-state index in [1.54, 1.807) is 29.2 Å². The molecule has 0 bridgehead atoms. The summed E-state index contributed by atoms with van der Waals surface area (Å²) in [6, 6.07) is 16.5. The van der Waals surface area contributed by atoms with Crippen LogP contribution in [0.2, 0.25) is 0 Å². The summed E-state index contributed by atoms with van der Waals surface area (Å²) in [4.78, 5) is 25.7. The average molecular weight is 326 g/mol. The molecule has 0 spiro atoms. The molecule has 0 unspecified atom stereocenters. The maximum Gasteiger partial charge on any atom is 0.261 e. The number of nitrogens with two attached hydrogens (primary N) is 1. The van der Waals surface area contributed by atoms with Crippen molar-refractivity contribution in [2.45, 2.75) is 26.4 Å². The van der Waals surface area contributed by atoms with Gasteiger partial charge in [-0.1, -0.05) is 42.5 Å². The van der Waals surface area contributed by atoms with Gasteiger partial charge in [-0.25, -0.2) is 0 Å². The SMILES string of the molecule is CC(C)N(Cc1ccccc1)C(=O)COc1ccccc1C(N)=O. The predicted molar refractivity (Wildman–Crippen MR) is 92.6 cm³/mol. The van der Waals surface area contributed by atoms with E-state index in [-0.39, 0.29) is 24.1 Å². The zero-order valence-electron chi connectivity index (χ0n) is 13.9. The lowest BCUT2D eigenvalue weighted by molar-refractivity contribution is -0.135. The Hall–Kier alpha value is -2.82. The number of rotatable bonds is 7. The first-order valence-corrected chi connectivity index (χ1v) is 7.84. The summed E-state index contributed by atoms with van der Waals surface area (Å²) >= 11 is 0. The molecule has 0 saturated heterocycles. The Morgan fingerprint density at radius 2 is 1.67 bits per heavy atom. The quantitative estimate of drug-likeness (QED) is 0.850. The minimum absolute atomic E-state index is 0.0349. The van der Waals surface area contributed by atoms with Crippen molar-refractivity contribution in [3.05, 3.63) is 65.7 Å². The van der Waals surface area contributed by atoms with Crippen LogP contribution in [0.25, 0.3) is 0 Å². The van der Waals surface area contributed by atoms with Crippen LogP contribution in [0.4, 0.5) is 0 Å². The second-order valence-electron chi connectivity index (χ2n) is 5.75. The number of hydrogen-bond donors (Lipinski definition) is 1. The first-order valence-electron chi connectivity index (χ1n) is 7.84. The summed E-state index contributed by atoms with van der Waals surface area (Å²) < 4.78 is 5.54. The van der Waals surface area contributed by atoms with Gasteiger partial charge in [-0.3, -0.25) is 9.59 Å². The number of primary amides is 1. The monoisotopic (exact) mass is 326 g/mol. The molecule has 0 fully saturated rings. The van der Waals surface area contributed by atoms with Gasteiger partial charge in [-0.2, -0.15) is 0 Å². The second-order valence-corrected chi connectivity index (χ2v) is 5.75. The number of para-hydroxylation sites is 1. The van der Waals surface area contributed by atoms with Crippen LogP contribution < -0.4 is 10.5 Å². The van der Waals surface area contributed by atoms with Gasteiger partial charge >= 0.3 is 0 Å². The summed E-state index contributed by atoms with van der Waals surface area (Å²) in [5.74, 6) is -0.405. The van der Waals surface area contributed by atoms with E-state index >= 15 is 0 Å². The molecule has 126 valence electrons. The van der Waals surface area contributed by atoms with Crippen molar-refractivity contribution in [2.24, 2.45) is 5.73 Å². The highest BCUT2D eigenvalue weighted by molar-refractivity contribution is 5.95. The van der Waals surface area contributed by atoms with Crippen LogP contribution in [-0.2, 0) is 11.3 Å². The maximum atomic E-state index is 12.5. The average Bonchev–Trinajstić information content (AvgIpc) is 2.58. The van der Waals surface area contributed by atoms with E-state index in [1.165, 1.54) is 0 Å². The lowest BCUT2D eigenvalue weighted by atomic mass is 10.2. The molecule has 0 atom stereocenters. The molecule has 0 aliphatic rings. The minimum Gasteiger partial charge on any atom is -0.483 e. The first kappa shape index (κ1) is 17.5. The molecule has 5 nitrogen and oxygen atoms in total. The summed E-state index contributed by atoms with van der Waals surface area (Å²) in [7, 11) is 0. The highest BCUT2D eigenvalue weighted by atomic mass is 16.5. The van der Waals surface area contributed by atoms with Crippen molar-refractivity contribution in [2.75, 3.05) is 6.61 Å². The molecule has 2 aromatic rings. The number of carbonyl (C=O) groups is 2. The summed E-state index contributed by atoms with van der Waals surface area (Å²) in [6.45, 7) is 4.28. The summed E-state index contributed by atoms with van der Waals surface area (Å²) in [5.41, 5.74) is 6.64. The predicted octanol–water partition coefficient (Wildman–Crippen LogP) is 2.60. The molecular weight excluding hydrogens is 304 g/mol. The molecule has 0 aromatic heterocycles. The molecule has 5 heteroatoms. The Balaban J connectivity index is 2.05. The molecule has 0 aliphatic heterocycles. The third-order valence-electron chi connectivity index (χ3n) is 3.64. The van der Waals surface area contributed by atoms with Crippen molar-refractivity contribution in [3.8, 4) is 5.75 Å². The molecule has 0 aliphatic carbocycles. The maximum absolute atomic E-state index is 12.5. The third-order valence-corrected chi connectivity index (χ3v) is 3.64. The Bertz CT molecular complexity index is 699. The van der Waals surface area contributed by atoms with Gasteiger partial charge < -0.3 is 15.4 Å². The van der Waals surface area contributed by atoms with E-state index in [1.807, 2.05) is 44.2 Å². The van der Waals surface area contributed by atoms with Crippen LogP contribution in [-0.4, -0.2) is 29.4 Å². The Morgan fingerprint density at radius 3 is 2.29 bits per heavy atom. The Labute approximate surface area is 142 Å². The number of nitrogens with zero attached hydrogens (tertiary/aromatic N) is 1. The van der Waals surface area contributed by atoms with Gasteiger partial charge in [0.05, 0.1) is 5.56 Å². The number of benzene rings is 2. The van der Waals surface area contributed by atoms with Gasteiger partial charge in [0.2, 0.25) is 0 Å². The van der Waals surface area contributed by atoms with Gasteiger partial charge in [-0.15, -0.1) is 0 Å². The zero-order valence-corrected chi connectivity index (χ0v) is 13.9. The third kappa shape index (κ3) is 4.59. The number of carbonyl (C=O) groups excluding carboxylic acids is 2. The highest BCUT2D eigenvalue weighted by Gasteiger charge is 2.19. The van der Waals surface area contributed by atoms with Crippen molar-refractivity contribution in [1.82, 2.24) is 4.90 Å². The fourth-order valence-corrected chi connectivity index (χ4v) is 2.36. The second kappa shape index (κ2) is 8.15. The van der Waals surface area contributed by atoms with Crippen molar-refractivity contribution < 1.29 is 14.3 Å². The van der Waals surface area contributed by atoms with Crippen LogP contribution >= 0.6 is 0 Å². The van der Waals surface area contributed by atoms with Gasteiger partial charge in [0.15, 0.2) is 6.61 Å². The summed E-state index contributed by atoms with van der Waals surface area (Å²) in [5, 5.41) is 0. The van der Waals surface area contributed by atoms with E-state index in [0.29, 0.717) is 12.3 Å². The Kier molecular flexibility index (Phi) is 5.95. The fraction of sp³-hybridized carbons (Fsp3) is 0.263. The standard InChI is InChI=1S/C19H22N2O3/c1-14(2)21(12-15-8-4-3-5-9-15)18(22)13-24-17-11-7-6-10-16(17)19(20)23/h3-11,14H,12-13H2,1-2H3,(H2,20,23). The topological polar surface area (TPSA) is 72.6 Å². The molecule has 0 saturated carbocycles. The first-order chi connectivity index (χ1) is 11.5. The van der Waals surface area contributed by atoms with E-state index in [9.17, 15) is 9.59 Å². The van der Waals surface area contributed by atoms with Gasteiger partial charge in [-0.05, 0) is 31.5 Å². The Morgan fingerprint density at radius 1 is 1.04 bits per heavy atom. The van der Waals surface area contributed by atoms with E-state index < -0.39 is 5.91 Å². The van der Waals surface area contributed by atoms with Crippen molar-refractivity contribution in [1.29, 1.82) is 0 Å². The molecule has 0 radical (unpaired) electrons. The number of hydrogen-bond acceptors (Lipinski definition) is 3. The molecular formula is C19H22N2O3. The van der Waals surface area contributed by atoms with E-state index in [0.717, 1.165) is 5.56 Å². The van der Waals surface area contributed by atoms with Crippen molar-refractivity contribution in [3.63, 3.8) is 0 Å². The van der Waals surface area contributed by atoms with E-state index in [4.69, 9.17) is 10.5 Å². The molecule has 2 amide bonds. The molecule has 2 N–H and O–H groups in total. The smallest absolute Gasteiger partial charge is 0.261 e. The van der Waals surface area contributed by atoms with Gasteiger partial charge in [0.1, 0.15) is 5.75 Å². The lowest BCUT2D eigenvalue weighted by Gasteiger charge is -2.27. The van der Waals surface area contributed by atoms with Crippen LogP contribution in [0, 0.1) is 0 Å².